The fourth-order valence-electron chi connectivity index (χ4n) is 1.83. The Morgan fingerprint density at radius 2 is 2.36 bits per heavy atom. The normalized spacial score (nSPS) is 19.1. The van der Waals surface area contributed by atoms with E-state index < -0.39 is 5.97 Å². The maximum atomic E-state index is 11.0. The molecule has 1 saturated carbocycles. The minimum atomic E-state index is -0.921. The fraction of sp³-hybridized carbons (Fsp3) is 0.556. The predicted octanol–water partition coefficient (Wildman–Crippen LogP) is 0.851. The van der Waals surface area contributed by atoms with Gasteiger partial charge >= 0.3 is 5.97 Å². The van der Waals surface area contributed by atoms with Crippen LogP contribution in [0.4, 0.5) is 0 Å². The first kappa shape index (κ1) is 7.84. The summed E-state index contributed by atoms with van der Waals surface area (Å²) in [6.45, 7) is 1.20. The van der Waals surface area contributed by atoms with Gasteiger partial charge in [-0.2, -0.15) is 5.10 Å². The molecule has 74 valence electrons. The Labute approximate surface area is 80.3 Å². The van der Waals surface area contributed by atoms with E-state index in [0.29, 0.717) is 30.6 Å². The van der Waals surface area contributed by atoms with Crippen molar-refractivity contribution in [1.29, 1.82) is 0 Å². The van der Waals surface area contributed by atoms with E-state index >= 15 is 0 Å². The first-order chi connectivity index (χ1) is 6.77. The van der Waals surface area contributed by atoms with E-state index in [2.05, 4.69) is 5.10 Å². The molecule has 5 nitrogen and oxygen atoms in total. The van der Waals surface area contributed by atoms with Crippen LogP contribution in [0.15, 0.2) is 0 Å². The van der Waals surface area contributed by atoms with Crippen LogP contribution in [-0.4, -0.2) is 27.5 Å². The van der Waals surface area contributed by atoms with Gasteiger partial charge in [0.1, 0.15) is 12.2 Å². The molecule has 0 atom stereocenters. The molecule has 0 spiro atoms. The Kier molecular flexibility index (Phi) is 1.40. The molecule has 5 heteroatoms. The molecule has 0 aromatic carbocycles. The van der Waals surface area contributed by atoms with Crippen LogP contribution in [0.1, 0.15) is 34.8 Å². The van der Waals surface area contributed by atoms with E-state index in [0.717, 1.165) is 12.8 Å². The van der Waals surface area contributed by atoms with Crippen molar-refractivity contribution in [1.82, 2.24) is 9.78 Å². The SMILES string of the molecule is O=C(O)c1c(C2CC2)nn2c1OCC2. The number of fused-ring (bicyclic) bond motifs is 1. The molecule has 1 fully saturated rings. The maximum absolute atomic E-state index is 11.0. The molecule has 2 aliphatic rings. The fourth-order valence-corrected chi connectivity index (χ4v) is 1.83. The first-order valence-corrected chi connectivity index (χ1v) is 4.74. The Morgan fingerprint density at radius 3 is 3.00 bits per heavy atom. The minimum absolute atomic E-state index is 0.282. The number of aromatic nitrogens is 2. The van der Waals surface area contributed by atoms with Gasteiger partial charge in [-0.25, -0.2) is 9.48 Å². The van der Waals surface area contributed by atoms with E-state index in [-0.39, 0.29) is 5.56 Å². The largest absolute Gasteiger partial charge is 0.477 e. The van der Waals surface area contributed by atoms with Crippen molar-refractivity contribution in [3.8, 4) is 5.88 Å². The Bertz CT molecular complexity index is 406. The number of nitrogens with zero attached hydrogens (tertiary/aromatic N) is 2. The van der Waals surface area contributed by atoms with Crippen molar-refractivity contribution < 1.29 is 14.6 Å². The lowest BCUT2D eigenvalue weighted by molar-refractivity contribution is 0.0692. The number of carboxylic acid groups (broad SMARTS) is 1. The third-order valence-corrected chi connectivity index (χ3v) is 2.65. The van der Waals surface area contributed by atoms with E-state index in [4.69, 9.17) is 9.84 Å². The van der Waals surface area contributed by atoms with Gasteiger partial charge in [-0.3, -0.25) is 0 Å². The summed E-state index contributed by atoms with van der Waals surface area (Å²) in [6, 6.07) is 0. The zero-order valence-electron chi connectivity index (χ0n) is 7.56. The van der Waals surface area contributed by atoms with Crippen LogP contribution in [0.25, 0.3) is 0 Å². The van der Waals surface area contributed by atoms with Gasteiger partial charge in [0.25, 0.3) is 0 Å². The van der Waals surface area contributed by atoms with Gasteiger partial charge in [0.15, 0.2) is 0 Å². The van der Waals surface area contributed by atoms with Gasteiger partial charge < -0.3 is 9.84 Å². The van der Waals surface area contributed by atoms with Crippen LogP contribution in [0.3, 0.4) is 0 Å². The molecule has 14 heavy (non-hydrogen) atoms. The summed E-state index contributed by atoms with van der Waals surface area (Å²) in [5.41, 5.74) is 0.997. The van der Waals surface area contributed by atoms with Crippen molar-refractivity contribution in [3.05, 3.63) is 11.3 Å². The summed E-state index contributed by atoms with van der Waals surface area (Å²) in [5.74, 6) is -0.128. The smallest absolute Gasteiger partial charge is 0.343 e. The highest BCUT2D eigenvalue weighted by Crippen LogP contribution is 2.43. The number of carboxylic acids is 1. The maximum Gasteiger partial charge on any atom is 0.343 e. The highest BCUT2D eigenvalue weighted by Gasteiger charge is 2.36. The van der Waals surface area contributed by atoms with Crippen molar-refractivity contribution in [3.63, 3.8) is 0 Å². The van der Waals surface area contributed by atoms with Gasteiger partial charge in [-0.1, -0.05) is 0 Å². The molecule has 2 heterocycles. The van der Waals surface area contributed by atoms with Crippen molar-refractivity contribution in [2.75, 3.05) is 6.61 Å². The van der Waals surface area contributed by atoms with Crippen LogP contribution in [-0.2, 0) is 6.54 Å². The highest BCUT2D eigenvalue weighted by molar-refractivity contribution is 5.92. The summed E-state index contributed by atoms with van der Waals surface area (Å²) in [4.78, 5) is 11.0. The monoisotopic (exact) mass is 194 g/mol. The molecule has 1 aromatic heterocycles. The second-order valence-corrected chi connectivity index (χ2v) is 3.72. The average Bonchev–Trinajstić information content (AvgIpc) is 2.75. The van der Waals surface area contributed by atoms with Crippen molar-refractivity contribution in [2.24, 2.45) is 0 Å². The number of carbonyl (C=O) groups is 1. The van der Waals surface area contributed by atoms with E-state index in [1.54, 1.807) is 4.68 Å². The Balaban J connectivity index is 2.15. The van der Waals surface area contributed by atoms with Crippen LogP contribution in [0, 0.1) is 0 Å². The second kappa shape index (κ2) is 2.50. The number of hydrogen-bond donors (Lipinski definition) is 1. The molecule has 0 amide bonds. The third kappa shape index (κ3) is 0.950. The molecule has 1 N–H and O–H groups in total. The molecular formula is C9H10N2O3. The Morgan fingerprint density at radius 1 is 1.57 bits per heavy atom. The number of ether oxygens (including phenoxy) is 1. The van der Waals surface area contributed by atoms with Crippen LogP contribution < -0.4 is 4.74 Å². The molecule has 3 rings (SSSR count). The average molecular weight is 194 g/mol. The van der Waals surface area contributed by atoms with Gasteiger partial charge in [0.05, 0.1) is 12.2 Å². The molecule has 1 aliphatic heterocycles. The second-order valence-electron chi connectivity index (χ2n) is 3.72. The van der Waals surface area contributed by atoms with Crippen LogP contribution in [0.2, 0.25) is 0 Å². The van der Waals surface area contributed by atoms with E-state index in [1.807, 2.05) is 0 Å². The standard InChI is InChI=1S/C9H10N2O3/c12-9(13)6-7(5-1-2-5)10-11-3-4-14-8(6)11/h5H,1-4H2,(H,12,13). The number of rotatable bonds is 2. The summed E-state index contributed by atoms with van der Waals surface area (Å²) in [6.07, 6.45) is 2.10. The van der Waals surface area contributed by atoms with E-state index in [1.165, 1.54) is 0 Å². The first-order valence-electron chi connectivity index (χ1n) is 4.74. The van der Waals surface area contributed by atoms with Gasteiger partial charge in [0.2, 0.25) is 5.88 Å². The van der Waals surface area contributed by atoms with Crippen LogP contribution in [0.5, 0.6) is 5.88 Å². The molecule has 0 unspecified atom stereocenters. The summed E-state index contributed by atoms with van der Waals surface area (Å²) in [5, 5.41) is 13.3. The lowest BCUT2D eigenvalue weighted by Crippen LogP contribution is -2.03. The lowest BCUT2D eigenvalue weighted by atomic mass is 10.2. The molecular weight excluding hydrogens is 184 g/mol. The summed E-state index contributed by atoms with van der Waals surface area (Å²) >= 11 is 0. The van der Waals surface area contributed by atoms with E-state index in [9.17, 15) is 4.79 Å². The predicted molar refractivity (Wildman–Crippen MR) is 46.7 cm³/mol. The van der Waals surface area contributed by atoms with Crippen LogP contribution >= 0.6 is 0 Å². The molecule has 1 aromatic rings. The van der Waals surface area contributed by atoms with Gasteiger partial charge in [-0.15, -0.1) is 0 Å². The topological polar surface area (TPSA) is 64.3 Å². The molecule has 1 aliphatic carbocycles. The summed E-state index contributed by atoms with van der Waals surface area (Å²) in [7, 11) is 0. The molecule has 0 saturated heterocycles. The zero-order valence-corrected chi connectivity index (χ0v) is 7.56. The quantitative estimate of drug-likeness (QED) is 0.758. The van der Waals surface area contributed by atoms with Crippen molar-refractivity contribution >= 4 is 5.97 Å². The summed E-state index contributed by atoms with van der Waals surface area (Å²) < 4.78 is 6.93. The molecule has 0 radical (unpaired) electrons. The lowest BCUT2D eigenvalue weighted by Gasteiger charge is -1.97. The Hall–Kier alpha value is -1.52. The molecule has 0 bridgehead atoms. The number of hydrogen-bond acceptors (Lipinski definition) is 3. The highest BCUT2D eigenvalue weighted by atomic mass is 16.5. The minimum Gasteiger partial charge on any atom is -0.477 e. The van der Waals surface area contributed by atoms with Crippen molar-refractivity contribution in [2.45, 2.75) is 25.3 Å². The van der Waals surface area contributed by atoms with Gasteiger partial charge in [-0.05, 0) is 12.8 Å². The third-order valence-electron chi connectivity index (χ3n) is 2.65. The van der Waals surface area contributed by atoms with Gasteiger partial charge in [0, 0.05) is 5.92 Å². The number of aromatic carboxylic acids is 1. The zero-order chi connectivity index (χ0) is 9.71.